The van der Waals surface area contributed by atoms with E-state index in [2.05, 4.69) is 27.0 Å². The highest BCUT2D eigenvalue weighted by atomic mass is 15.1. The van der Waals surface area contributed by atoms with Crippen molar-refractivity contribution >= 4 is 49.8 Å². The quantitative estimate of drug-likeness (QED) is 0.225. The van der Waals surface area contributed by atoms with Crippen LogP contribution in [0.2, 0.25) is 0 Å². The Morgan fingerprint density at radius 2 is 0.814 bits per heavy atom. The van der Waals surface area contributed by atoms with E-state index in [4.69, 9.17) is 29.9 Å². The summed E-state index contributed by atoms with van der Waals surface area (Å²) in [6, 6.07) is 30.4. The van der Waals surface area contributed by atoms with Gasteiger partial charge in [0.1, 0.15) is 22.6 Å². The molecule has 8 bridgehead atoms. The lowest BCUT2D eigenvalue weighted by Crippen LogP contribution is -2.08. The number of aromatic amines is 2. The zero-order valence-electron chi connectivity index (χ0n) is 23.3. The molecule has 5 heterocycles. The second-order valence-corrected chi connectivity index (χ2v) is 10.8. The van der Waals surface area contributed by atoms with Gasteiger partial charge in [0.15, 0.2) is 23.3 Å². The highest BCUT2D eigenvalue weighted by Gasteiger charge is 2.22. The van der Waals surface area contributed by atoms with E-state index in [-0.39, 0.29) is 0 Å². The normalized spacial score (nSPS) is 12.0. The Hall–Kier alpha value is -5.96. The first-order valence-corrected chi connectivity index (χ1v) is 14.0. The average molecular weight is 558 g/mol. The van der Waals surface area contributed by atoms with E-state index in [0.717, 1.165) is 49.5 Å². The van der Waals surface area contributed by atoms with Gasteiger partial charge in [-0.3, -0.25) is 0 Å². The molecule has 3 aromatic heterocycles. The zero-order valence-corrected chi connectivity index (χ0v) is 23.3. The summed E-state index contributed by atoms with van der Waals surface area (Å²) < 4.78 is 0. The van der Waals surface area contributed by atoms with Crippen molar-refractivity contribution in [1.29, 1.82) is 0 Å². The molecule has 0 aliphatic carbocycles. The molecule has 43 heavy (non-hydrogen) atoms. The Balaban J connectivity index is 1.52. The van der Waals surface area contributed by atoms with E-state index in [1.807, 2.05) is 93.0 Å². The molecule has 0 radical (unpaired) electrons. The van der Waals surface area contributed by atoms with E-state index in [1.54, 1.807) is 0 Å². The van der Waals surface area contributed by atoms with E-state index in [1.165, 1.54) is 0 Å². The topological polar surface area (TPSA) is 112 Å². The smallest absolute Gasteiger partial charge is 0.164 e. The van der Waals surface area contributed by atoms with Crippen LogP contribution in [0.1, 0.15) is 0 Å². The average Bonchev–Trinajstić information content (AvgIpc) is 3.76. The molecule has 0 spiro atoms. The lowest BCUT2D eigenvalue weighted by Gasteiger charge is -2.13. The van der Waals surface area contributed by atoms with Gasteiger partial charge in [0.2, 0.25) is 0 Å². The maximum Gasteiger partial charge on any atom is 0.164 e. The monoisotopic (exact) mass is 557 g/mol. The second kappa shape index (κ2) is 8.77. The molecule has 2 aliphatic heterocycles. The van der Waals surface area contributed by atoms with Crippen molar-refractivity contribution in [3.63, 3.8) is 0 Å². The fraction of sp³-hybridized carbons (Fsp3) is 0.0588. The lowest BCUT2D eigenvalue weighted by molar-refractivity contribution is 1.14. The summed E-state index contributed by atoms with van der Waals surface area (Å²) in [5.74, 6) is 2.36. The summed E-state index contributed by atoms with van der Waals surface area (Å²) in [5.41, 5.74) is 7.41. The van der Waals surface area contributed by atoms with Gasteiger partial charge in [0.05, 0.1) is 5.39 Å². The van der Waals surface area contributed by atoms with Crippen LogP contribution in [0, 0.1) is 0 Å². The minimum Gasteiger partial charge on any atom is -0.377 e. The van der Waals surface area contributed by atoms with Crippen molar-refractivity contribution in [3.05, 3.63) is 91.0 Å². The molecule has 0 atom stereocenters. The molecule has 9 nitrogen and oxygen atoms in total. The van der Waals surface area contributed by atoms with E-state index < -0.39 is 0 Å². The predicted molar refractivity (Wildman–Crippen MR) is 170 cm³/mol. The highest BCUT2D eigenvalue weighted by molar-refractivity contribution is 6.11. The fourth-order valence-electron chi connectivity index (χ4n) is 6.04. The molecule has 9 heteroatoms. The molecule has 0 fully saturated rings. The third kappa shape index (κ3) is 3.51. The summed E-state index contributed by atoms with van der Waals surface area (Å²) in [6.45, 7) is 0. The van der Waals surface area contributed by atoms with Crippen LogP contribution in [0.4, 0.5) is 5.69 Å². The van der Waals surface area contributed by atoms with Crippen molar-refractivity contribution in [2.75, 3.05) is 19.0 Å². The van der Waals surface area contributed by atoms with Gasteiger partial charge in [0.25, 0.3) is 0 Å². The largest absolute Gasteiger partial charge is 0.377 e. The lowest BCUT2D eigenvalue weighted by atomic mass is 10.1. The number of fused-ring (bicyclic) bond motifs is 20. The van der Waals surface area contributed by atoms with E-state index >= 15 is 0 Å². The third-order valence-corrected chi connectivity index (χ3v) is 8.04. The summed E-state index contributed by atoms with van der Waals surface area (Å²) in [4.78, 5) is 39.3. The third-order valence-electron chi connectivity index (χ3n) is 8.04. The molecule has 204 valence electrons. The van der Waals surface area contributed by atoms with Gasteiger partial charge in [-0.25, -0.2) is 29.9 Å². The van der Waals surface area contributed by atoms with Crippen molar-refractivity contribution in [2.45, 2.75) is 0 Å². The molecule has 7 aromatic rings. The maximum atomic E-state index is 5.13. The Kier molecular flexibility index (Phi) is 4.84. The first-order chi connectivity index (χ1) is 21.1. The van der Waals surface area contributed by atoms with Crippen LogP contribution in [0.15, 0.2) is 91.0 Å². The number of nitrogens with one attached hydrogen (secondary N) is 2. The fourth-order valence-corrected chi connectivity index (χ4v) is 6.04. The number of nitrogens with zero attached hydrogens (tertiary/aromatic N) is 7. The van der Waals surface area contributed by atoms with Crippen molar-refractivity contribution in [1.82, 2.24) is 39.9 Å². The number of anilines is 1. The van der Waals surface area contributed by atoms with Gasteiger partial charge >= 0.3 is 0 Å². The molecule has 0 amide bonds. The van der Waals surface area contributed by atoms with Crippen LogP contribution in [0.25, 0.3) is 89.7 Å². The second-order valence-electron chi connectivity index (χ2n) is 10.8. The Labute approximate surface area is 245 Å². The van der Waals surface area contributed by atoms with Gasteiger partial charge < -0.3 is 14.9 Å². The highest BCUT2D eigenvalue weighted by Crippen LogP contribution is 2.38. The van der Waals surface area contributed by atoms with Crippen LogP contribution in [0.3, 0.4) is 0 Å². The standard InChI is InChI=1S/C34H23N9/c1-43(2)25-17-9-16-24-26(25)34-41-32-23-15-8-7-14-22(23)30(39-32)37-28-19-11-4-3-10-18(19)27(35-28)36-29-20-12-5-6-13-21(20)31(38-29)40-33(24)42-34/h3-17H,1-2H3,(H2,35,36,37,38,39,40,41,42). The molecule has 0 saturated carbocycles. The molecule has 2 aliphatic rings. The number of aromatic nitrogens is 8. The number of H-pyrrole nitrogens is 2. The minimum absolute atomic E-state index is 0.588. The summed E-state index contributed by atoms with van der Waals surface area (Å²) in [6.07, 6.45) is 0. The number of benzene rings is 4. The van der Waals surface area contributed by atoms with Gasteiger partial charge in [-0.2, -0.15) is 0 Å². The predicted octanol–water partition coefficient (Wildman–Crippen LogP) is 6.94. The van der Waals surface area contributed by atoms with Gasteiger partial charge in [-0.05, 0) is 6.07 Å². The van der Waals surface area contributed by atoms with Gasteiger partial charge in [0, 0.05) is 58.2 Å². The first-order valence-electron chi connectivity index (χ1n) is 14.0. The van der Waals surface area contributed by atoms with Crippen LogP contribution >= 0.6 is 0 Å². The van der Waals surface area contributed by atoms with Crippen LogP contribution in [0.5, 0.6) is 0 Å². The van der Waals surface area contributed by atoms with Crippen molar-refractivity contribution in [2.24, 2.45) is 0 Å². The Morgan fingerprint density at radius 3 is 1.30 bits per heavy atom. The van der Waals surface area contributed by atoms with Gasteiger partial charge in [-0.1, -0.05) is 84.9 Å². The summed E-state index contributed by atoms with van der Waals surface area (Å²) in [7, 11) is 4.06. The summed E-state index contributed by atoms with van der Waals surface area (Å²) >= 11 is 0. The van der Waals surface area contributed by atoms with E-state index in [0.29, 0.717) is 45.9 Å². The van der Waals surface area contributed by atoms with Crippen molar-refractivity contribution < 1.29 is 0 Å². The molecule has 0 saturated heterocycles. The zero-order chi connectivity index (χ0) is 28.7. The Bertz CT molecular complexity index is 2450. The Morgan fingerprint density at radius 1 is 0.419 bits per heavy atom. The van der Waals surface area contributed by atoms with E-state index in [9.17, 15) is 0 Å². The molecular formula is C34H23N9. The molecule has 0 unspecified atom stereocenters. The van der Waals surface area contributed by atoms with Crippen LogP contribution in [-0.4, -0.2) is 54.0 Å². The van der Waals surface area contributed by atoms with Crippen molar-refractivity contribution in [3.8, 4) is 45.6 Å². The SMILES string of the molecule is CN(C)c1cccc2c3nc4nc(nc5[nH]c(nc6nc(nc([nH]3)c12)-c1ccccc1-6)c1ccccc51)-c1ccccc1-4. The summed E-state index contributed by atoms with van der Waals surface area (Å²) in [5, 5.41) is 3.81. The van der Waals surface area contributed by atoms with Crippen LogP contribution < -0.4 is 4.90 Å². The molecule has 2 N–H and O–H groups in total. The van der Waals surface area contributed by atoms with Crippen LogP contribution in [-0.2, 0) is 0 Å². The molecular weight excluding hydrogens is 534 g/mol. The number of hydrogen-bond acceptors (Lipinski definition) is 7. The molecule has 9 rings (SSSR count). The first kappa shape index (κ1) is 23.7. The minimum atomic E-state index is 0.588. The van der Waals surface area contributed by atoms with Gasteiger partial charge in [-0.15, -0.1) is 0 Å². The number of rotatable bonds is 1. The molecule has 4 aromatic carbocycles. The number of hydrogen-bond donors (Lipinski definition) is 2. The maximum absolute atomic E-state index is 5.13.